The maximum absolute atomic E-state index is 2.00. The Labute approximate surface area is 44.4 Å². The molecule has 0 bridgehead atoms. The molecule has 0 aromatic rings. The van der Waals surface area contributed by atoms with Crippen molar-refractivity contribution in [3.05, 3.63) is 0 Å². The van der Waals surface area contributed by atoms with Crippen molar-refractivity contribution in [1.82, 2.24) is 0 Å². The lowest BCUT2D eigenvalue weighted by atomic mass is 11.0. The van der Waals surface area contributed by atoms with E-state index in [-0.39, 0.29) is 29.7 Å². The minimum atomic E-state index is 0. The fourth-order valence-corrected chi connectivity index (χ4v) is 0. The van der Waals surface area contributed by atoms with E-state index >= 15 is 0 Å². The predicted octanol–water partition coefficient (Wildman–Crippen LogP) is 1.20. The molecule has 0 spiro atoms. The van der Waals surface area contributed by atoms with Crippen LogP contribution in [-0.4, -0.2) is 0 Å². The Morgan fingerprint density at radius 1 is 0.600 bits per heavy atom. The molecule has 0 saturated carbocycles. The molecule has 3 heteroatoms. The summed E-state index contributed by atoms with van der Waals surface area (Å²) in [4.78, 5) is 0. The van der Waals surface area contributed by atoms with Gasteiger partial charge in [-0.3, -0.25) is 0 Å². The van der Waals surface area contributed by atoms with Crippen molar-refractivity contribution >= 4 is 29.7 Å². The molecular weight excluding hydrogens is 117 g/mol. The Hall–Kier alpha value is 1.29. The van der Waals surface area contributed by atoms with Gasteiger partial charge in [0.2, 0.25) is 0 Å². The highest BCUT2D eigenvalue weighted by Gasteiger charge is 0.932. The quantitative estimate of drug-likeness (QED) is 0.434. The second kappa shape index (κ2) is 58.5. The summed E-state index contributed by atoms with van der Waals surface area (Å²) in [6.45, 7) is 4.00. The molecule has 0 aliphatic rings. The van der Waals surface area contributed by atoms with E-state index in [0.717, 1.165) is 0 Å². The number of hydrogen-bond acceptors (Lipinski definition) is 0. The van der Waals surface area contributed by atoms with E-state index in [1.807, 2.05) is 13.8 Å². The molecule has 0 rings (SSSR count). The number of rotatable bonds is 0. The molecule has 38 valence electrons. The van der Waals surface area contributed by atoms with E-state index in [4.69, 9.17) is 0 Å². The highest BCUT2D eigenvalue weighted by Crippen LogP contribution is 1.14. The zero-order chi connectivity index (χ0) is 2.00. The summed E-state index contributed by atoms with van der Waals surface area (Å²) in [6, 6.07) is 0. The zero-order valence-electron chi connectivity index (χ0n) is 4.12. The Morgan fingerprint density at radius 3 is 0.600 bits per heavy atom. The summed E-state index contributed by atoms with van der Waals surface area (Å²) in [5.41, 5.74) is 0. The van der Waals surface area contributed by atoms with Crippen molar-refractivity contribution in [2.24, 2.45) is 0 Å². The monoisotopic (exact) mass is 132 g/mol. The molecule has 0 heterocycles. The van der Waals surface area contributed by atoms with Crippen LogP contribution in [0.15, 0.2) is 0 Å². The van der Waals surface area contributed by atoms with Gasteiger partial charge in [-0.1, -0.05) is 13.8 Å². The second-order valence-electron chi connectivity index (χ2n) is 0. The summed E-state index contributed by atoms with van der Waals surface area (Å²) < 4.78 is 0. The highest BCUT2D eigenvalue weighted by molar-refractivity contribution is 6.92. The molecule has 0 radical (unpaired) electrons. The minimum absolute atomic E-state index is 0. The molecule has 0 amide bonds. The number of hydrogen-bond donors (Lipinski definition) is 0. The maximum atomic E-state index is 2.00. The standard InChI is InChI=1S/C2H6.3H3P/c1-2;;;/h1-2H3;3*1H3. The van der Waals surface area contributed by atoms with E-state index < -0.39 is 0 Å². The Morgan fingerprint density at radius 2 is 0.600 bits per heavy atom. The normalized spacial score (nSPS) is 1.20. The lowest BCUT2D eigenvalue weighted by Crippen LogP contribution is -0.856. The molecule has 3 atom stereocenters. The first kappa shape index (κ1) is 33.6. The van der Waals surface area contributed by atoms with Crippen LogP contribution in [0.2, 0.25) is 0 Å². The van der Waals surface area contributed by atoms with Crippen molar-refractivity contribution in [3.8, 4) is 0 Å². The van der Waals surface area contributed by atoms with Gasteiger partial charge in [-0.25, -0.2) is 0 Å². The summed E-state index contributed by atoms with van der Waals surface area (Å²) in [5, 5.41) is 0. The van der Waals surface area contributed by atoms with Crippen molar-refractivity contribution in [2.45, 2.75) is 13.8 Å². The van der Waals surface area contributed by atoms with Gasteiger partial charge in [0.15, 0.2) is 0 Å². The summed E-state index contributed by atoms with van der Waals surface area (Å²) >= 11 is 0. The average Bonchev–Trinajstić information content (AvgIpc) is 1.00. The smallest absolute Gasteiger partial charge is 0.0683 e. The molecular formula is C2H15P3. The average molecular weight is 132 g/mol. The SMILES string of the molecule is CC.P.P.P. The molecule has 0 aromatic heterocycles. The third-order valence-corrected chi connectivity index (χ3v) is 0. The van der Waals surface area contributed by atoms with E-state index in [9.17, 15) is 0 Å². The zero-order valence-corrected chi connectivity index (χ0v) is 8.36. The van der Waals surface area contributed by atoms with Crippen molar-refractivity contribution in [3.63, 3.8) is 0 Å². The van der Waals surface area contributed by atoms with Gasteiger partial charge in [-0.2, -0.15) is 29.7 Å². The largest absolute Gasteiger partial charge is 0.153 e. The Balaban J connectivity index is -0.00000000167. The van der Waals surface area contributed by atoms with Crippen LogP contribution in [0, 0.1) is 0 Å². The van der Waals surface area contributed by atoms with E-state index in [0.29, 0.717) is 0 Å². The van der Waals surface area contributed by atoms with E-state index in [2.05, 4.69) is 0 Å². The molecule has 0 nitrogen and oxygen atoms in total. The van der Waals surface area contributed by atoms with Gasteiger partial charge in [-0.05, 0) is 0 Å². The second-order valence-corrected chi connectivity index (χ2v) is 0. The topological polar surface area (TPSA) is 0 Å². The van der Waals surface area contributed by atoms with Crippen LogP contribution in [0.5, 0.6) is 0 Å². The Bertz CT molecular complexity index is 4.85. The van der Waals surface area contributed by atoms with Crippen molar-refractivity contribution in [1.29, 1.82) is 0 Å². The Kier molecular flexibility index (Phi) is 393. The van der Waals surface area contributed by atoms with Crippen LogP contribution in [0.25, 0.3) is 0 Å². The van der Waals surface area contributed by atoms with Crippen molar-refractivity contribution in [2.75, 3.05) is 0 Å². The third-order valence-electron chi connectivity index (χ3n) is 0. The molecule has 0 N–H and O–H groups in total. The lowest BCUT2D eigenvalue weighted by Gasteiger charge is -1.07. The molecule has 3 unspecified atom stereocenters. The third kappa shape index (κ3) is 34.4. The van der Waals surface area contributed by atoms with Crippen LogP contribution in [-0.2, 0) is 0 Å². The first-order valence-electron chi connectivity index (χ1n) is 1.00. The van der Waals surface area contributed by atoms with Crippen LogP contribution in [0.4, 0.5) is 0 Å². The summed E-state index contributed by atoms with van der Waals surface area (Å²) in [7, 11) is 0. The van der Waals surface area contributed by atoms with Gasteiger partial charge in [0.1, 0.15) is 0 Å². The molecule has 0 fully saturated rings. The lowest BCUT2D eigenvalue weighted by molar-refractivity contribution is 1.50. The molecule has 0 aromatic carbocycles. The fraction of sp³-hybridized carbons (Fsp3) is 1.00. The van der Waals surface area contributed by atoms with Crippen LogP contribution >= 0.6 is 29.7 Å². The molecule has 0 saturated heterocycles. The van der Waals surface area contributed by atoms with Gasteiger partial charge < -0.3 is 0 Å². The van der Waals surface area contributed by atoms with Gasteiger partial charge in [0, 0.05) is 0 Å². The summed E-state index contributed by atoms with van der Waals surface area (Å²) in [5.74, 6) is 0. The van der Waals surface area contributed by atoms with Gasteiger partial charge in [0.05, 0.1) is 0 Å². The van der Waals surface area contributed by atoms with Crippen LogP contribution in [0.1, 0.15) is 13.8 Å². The maximum Gasteiger partial charge on any atom is -0.0683 e. The van der Waals surface area contributed by atoms with Gasteiger partial charge >= 0.3 is 0 Å². The van der Waals surface area contributed by atoms with Crippen molar-refractivity contribution < 1.29 is 0 Å². The fourth-order valence-electron chi connectivity index (χ4n) is 0. The van der Waals surface area contributed by atoms with E-state index in [1.54, 1.807) is 0 Å². The van der Waals surface area contributed by atoms with Crippen LogP contribution < -0.4 is 0 Å². The highest BCUT2D eigenvalue weighted by atomic mass is 31.0. The molecule has 0 aliphatic heterocycles. The molecule has 0 aliphatic carbocycles. The minimum Gasteiger partial charge on any atom is -0.153 e. The first-order valence-corrected chi connectivity index (χ1v) is 1.00. The summed E-state index contributed by atoms with van der Waals surface area (Å²) in [6.07, 6.45) is 0. The first-order chi connectivity index (χ1) is 1.00. The molecule has 5 heavy (non-hydrogen) atoms. The van der Waals surface area contributed by atoms with Gasteiger partial charge in [0.25, 0.3) is 0 Å². The van der Waals surface area contributed by atoms with Crippen LogP contribution in [0.3, 0.4) is 0 Å². The van der Waals surface area contributed by atoms with E-state index in [1.165, 1.54) is 0 Å². The predicted molar refractivity (Wildman–Crippen MR) is 44.7 cm³/mol. The van der Waals surface area contributed by atoms with Gasteiger partial charge in [-0.15, -0.1) is 0 Å².